The molecule has 11 nitrogen and oxygen atoms in total. The van der Waals surface area contributed by atoms with Gasteiger partial charge in [-0.3, -0.25) is 9.89 Å². The fourth-order valence-electron chi connectivity index (χ4n) is 3.69. The number of nitrogens with two attached hydrogens (primary N) is 1. The van der Waals surface area contributed by atoms with Crippen LogP contribution in [-0.2, 0) is 11.3 Å². The van der Waals surface area contributed by atoms with Crippen molar-refractivity contribution in [1.82, 2.24) is 25.7 Å². The van der Waals surface area contributed by atoms with E-state index in [1.54, 1.807) is 12.4 Å². The first kappa shape index (κ1) is 26.9. The van der Waals surface area contributed by atoms with E-state index in [0.29, 0.717) is 43.4 Å². The molecule has 0 aliphatic carbocycles. The molecule has 1 amide bonds. The number of nitrogens with zero attached hydrogens (tertiary/aromatic N) is 3. The summed E-state index contributed by atoms with van der Waals surface area (Å²) in [6.07, 6.45) is 1.51. The van der Waals surface area contributed by atoms with Gasteiger partial charge in [0.1, 0.15) is 17.8 Å². The van der Waals surface area contributed by atoms with Crippen molar-refractivity contribution in [3.63, 3.8) is 0 Å². The van der Waals surface area contributed by atoms with E-state index in [-0.39, 0.29) is 12.1 Å². The van der Waals surface area contributed by atoms with Crippen LogP contribution in [0.4, 0.5) is 19.0 Å². The summed E-state index contributed by atoms with van der Waals surface area (Å²) in [5.41, 5.74) is 7.89. The van der Waals surface area contributed by atoms with Gasteiger partial charge in [0, 0.05) is 25.3 Å². The summed E-state index contributed by atoms with van der Waals surface area (Å²) in [6.45, 7) is 2.41. The van der Waals surface area contributed by atoms with Gasteiger partial charge >= 0.3 is 6.36 Å². The van der Waals surface area contributed by atoms with Gasteiger partial charge in [-0.1, -0.05) is 5.16 Å². The van der Waals surface area contributed by atoms with Crippen molar-refractivity contribution in [3.8, 4) is 17.0 Å². The third-order valence-electron chi connectivity index (χ3n) is 5.41. The van der Waals surface area contributed by atoms with E-state index in [1.165, 1.54) is 18.4 Å². The maximum atomic E-state index is 12.5. The van der Waals surface area contributed by atoms with Gasteiger partial charge in [-0.05, 0) is 49.2 Å². The number of aromatic amines is 1. The third-order valence-corrected chi connectivity index (χ3v) is 5.41. The van der Waals surface area contributed by atoms with Crippen LogP contribution in [0.3, 0.4) is 0 Å². The van der Waals surface area contributed by atoms with Crippen LogP contribution < -0.4 is 21.1 Å². The first-order chi connectivity index (χ1) is 18.3. The van der Waals surface area contributed by atoms with Crippen LogP contribution in [0.1, 0.15) is 28.8 Å². The molecular formula is C24H26F3N7O4. The van der Waals surface area contributed by atoms with Gasteiger partial charge in [-0.15, -0.1) is 13.2 Å². The van der Waals surface area contributed by atoms with Gasteiger partial charge in [0.15, 0.2) is 0 Å². The lowest BCUT2D eigenvalue weighted by molar-refractivity contribution is -0.274. The van der Waals surface area contributed by atoms with E-state index < -0.39 is 18.0 Å². The topological polar surface area (TPSA) is 153 Å². The van der Waals surface area contributed by atoms with Crippen LogP contribution >= 0.6 is 0 Å². The Bertz CT molecular complexity index is 1340. The number of halogens is 3. The highest BCUT2D eigenvalue weighted by molar-refractivity contribution is 5.93. The molecule has 0 saturated carbocycles. The molecule has 0 aliphatic heterocycles. The fourth-order valence-corrected chi connectivity index (χ4v) is 3.69. The lowest BCUT2D eigenvalue weighted by Crippen LogP contribution is -2.20. The zero-order valence-corrected chi connectivity index (χ0v) is 20.2. The van der Waals surface area contributed by atoms with Gasteiger partial charge in [0.05, 0.1) is 41.2 Å². The molecule has 14 heteroatoms. The Labute approximate surface area is 214 Å². The molecule has 0 atom stereocenters. The standard InChI is InChI=1S/C24H26F3N7O4/c25-24(26,27)38-18-8-15(7-16(9-18)22(28)35)11-29-3-1-2-5-36-6-4-30-23-19-13-31-34-21(19)10-20(33-23)17-12-32-37-14-17/h7-10,12-14,29H,1-6,11H2,(H2,28,35)(H,30,33)(H,31,34). The average molecular weight is 534 g/mol. The maximum absolute atomic E-state index is 12.5. The average Bonchev–Trinajstić information content (AvgIpc) is 3.56. The summed E-state index contributed by atoms with van der Waals surface area (Å²) in [5, 5.41) is 18.0. The second-order valence-electron chi connectivity index (χ2n) is 8.30. The molecule has 5 N–H and O–H groups in total. The molecule has 0 radical (unpaired) electrons. The highest BCUT2D eigenvalue weighted by atomic mass is 19.4. The monoisotopic (exact) mass is 533 g/mol. The van der Waals surface area contributed by atoms with Crippen molar-refractivity contribution in [1.29, 1.82) is 0 Å². The van der Waals surface area contributed by atoms with Crippen molar-refractivity contribution in [2.24, 2.45) is 5.73 Å². The molecular weight excluding hydrogens is 507 g/mol. The number of anilines is 1. The largest absolute Gasteiger partial charge is 0.573 e. The number of carbonyl (C=O) groups excluding carboxylic acids is 1. The van der Waals surface area contributed by atoms with Gasteiger partial charge in [-0.2, -0.15) is 5.10 Å². The van der Waals surface area contributed by atoms with Crippen molar-refractivity contribution in [2.45, 2.75) is 25.7 Å². The second-order valence-corrected chi connectivity index (χ2v) is 8.30. The van der Waals surface area contributed by atoms with E-state index >= 15 is 0 Å². The quantitative estimate of drug-likeness (QED) is 0.178. The second kappa shape index (κ2) is 12.4. The van der Waals surface area contributed by atoms with E-state index in [9.17, 15) is 18.0 Å². The minimum atomic E-state index is -4.86. The van der Waals surface area contributed by atoms with Crippen LogP contribution in [0.5, 0.6) is 5.75 Å². The number of aromatic nitrogens is 4. The normalized spacial score (nSPS) is 11.7. The zero-order chi connectivity index (χ0) is 27.0. The SMILES string of the molecule is NC(=O)c1cc(CNCCCCOCCNc2nc(-c3cnoc3)cc3[nH]ncc23)cc(OC(F)(F)F)c1. The molecule has 38 heavy (non-hydrogen) atoms. The molecule has 3 aromatic heterocycles. The van der Waals surface area contributed by atoms with Gasteiger partial charge < -0.3 is 30.4 Å². The Morgan fingerprint density at radius 2 is 1.97 bits per heavy atom. The van der Waals surface area contributed by atoms with Crippen LogP contribution in [0.15, 0.2) is 47.4 Å². The number of carbonyl (C=O) groups is 1. The van der Waals surface area contributed by atoms with Crippen LogP contribution in [-0.4, -0.2) is 58.9 Å². The Morgan fingerprint density at radius 3 is 2.74 bits per heavy atom. The molecule has 4 aromatic rings. The Morgan fingerprint density at radius 1 is 1.11 bits per heavy atom. The van der Waals surface area contributed by atoms with Crippen molar-refractivity contribution in [2.75, 3.05) is 31.6 Å². The summed E-state index contributed by atoms with van der Waals surface area (Å²) in [4.78, 5) is 16.0. The number of hydrogen-bond acceptors (Lipinski definition) is 9. The number of rotatable bonds is 14. The summed E-state index contributed by atoms with van der Waals surface area (Å²) >= 11 is 0. The lowest BCUT2D eigenvalue weighted by Gasteiger charge is -2.12. The number of fused-ring (bicyclic) bond motifs is 1. The smallest absolute Gasteiger partial charge is 0.406 e. The summed E-state index contributed by atoms with van der Waals surface area (Å²) in [5.74, 6) is -0.649. The van der Waals surface area contributed by atoms with E-state index in [0.717, 1.165) is 35.4 Å². The third kappa shape index (κ3) is 7.66. The number of primary amides is 1. The molecule has 3 heterocycles. The number of pyridine rings is 1. The number of unbranched alkanes of at least 4 members (excludes halogenated alkanes) is 1. The number of ether oxygens (including phenoxy) is 2. The number of amides is 1. The Balaban J connectivity index is 1.14. The number of H-pyrrole nitrogens is 1. The van der Waals surface area contributed by atoms with Gasteiger partial charge in [0.2, 0.25) is 5.91 Å². The zero-order valence-electron chi connectivity index (χ0n) is 20.2. The van der Waals surface area contributed by atoms with Crippen LogP contribution in [0.2, 0.25) is 0 Å². The summed E-state index contributed by atoms with van der Waals surface area (Å²) in [7, 11) is 0. The molecule has 0 fully saturated rings. The predicted octanol–water partition coefficient (Wildman–Crippen LogP) is 3.61. The molecule has 0 aliphatic rings. The first-order valence-electron chi connectivity index (χ1n) is 11.7. The van der Waals surface area contributed by atoms with Crippen LogP contribution in [0, 0.1) is 0 Å². The molecule has 202 valence electrons. The van der Waals surface area contributed by atoms with Gasteiger partial charge in [-0.25, -0.2) is 4.98 Å². The van der Waals surface area contributed by atoms with Crippen LogP contribution in [0.25, 0.3) is 22.2 Å². The van der Waals surface area contributed by atoms with Crippen molar-refractivity contribution >= 4 is 22.6 Å². The molecule has 0 bridgehead atoms. The van der Waals surface area contributed by atoms with E-state index in [1.807, 2.05) is 6.07 Å². The van der Waals surface area contributed by atoms with Crippen molar-refractivity contribution in [3.05, 3.63) is 54.0 Å². The minimum absolute atomic E-state index is 0.0560. The number of benzene rings is 1. The molecule has 0 saturated heterocycles. The number of alkyl halides is 3. The van der Waals surface area contributed by atoms with E-state index in [2.05, 4.69) is 35.7 Å². The molecule has 0 spiro atoms. The number of nitrogens with one attached hydrogen (secondary N) is 3. The Hall–Kier alpha value is -4.17. The lowest BCUT2D eigenvalue weighted by atomic mass is 10.1. The van der Waals surface area contributed by atoms with E-state index in [4.69, 9.17) is 15.0 Å². The fraction of sp³-hybridized carbons (Fsp3) is 0.333. The maximum Gasteiger partial charge on any atom is 0.573 e. The predicted molar refractivity (Wildman–Crippen MR) is 131 cm³/mol. The highest BCUT2D eigenvalue weighted by Crippen LogP contribution is 2.27. The number of hydrogen-bond donors (Lipinski definition) is 4. The van der Waals surface area contributed by atoms with Gasteiger partial charge in [0.25, 0.3) is 0 Å². The summed E-state index contributed by atoms with van der Waals surface area (Å²) in [6, 6.07) is 5.49. The molecule has 4 rings (SSSR count). The minimum Gasteiger partial charge on any atom is -0.406 e. The van der Waals surface area contributed by atoms with Crippen molar-refractivity contribution < 1.29 is 32.0 Å². The summed E-state index contributed by atoms with van der Waals surface area (Å²) < 4.78 is 52.1. The Kier molecular flexibility index (Phi) is 8.76. The highest BCUT2D eigenvalue weighted by Gasteiger charge is 2.31. The molecule has 1 aromatic carbocycles. The first-order valence-corrected chi connectivity index (χ1v) is 11.7. The molecule has 0 unspecified atom stereocenters.